The van der Waals surface area contributed by atoms with Crippen LogP contribution in [0.5, 0.6) is 0 Å². The Morgan fingerprint density at radius 1 is 1.39 bits per heavy atom. The summed E-state index contributed by atoms with van der Waals surface area (Å²) in [7, 11) is 0. The minimum atomic E-state index is -0.226. The summed E-state index contributed by atoms with van der Waals surface area (Å²) in [5, 5.41) is 3.10. The number of aromatic nitrogens is 4. The van der Waals surface area contributed by atoms with Crippen LogP contribution >= 0.6 is 0 Å². The maximum absolute atomic E-state index is 12.1. The van der Waals surface area contributed by atoms with E-state index in [0.29, 0.717) is 17.4 Å². The lowest BCUT2D eigenvalue weighted by Crippen LogP contribution is -2.17. The van der Waals surface area contributed by atoms with Gasteiger partial charge >= 0.3 is 0 Å². The van der Waals surface area contributed by atoms with Crippen molar-refractivity contribution in [2.75, 3.05) is 5.73 Å². The molecule has 1 aliphatic carbocycles. The van der Waals surface area contributed by atoms with Crippen LogP contribution in [0.1, 0.15) is 37.3 Å². The summed E-state index contributed by atoms with van der Waals surface area (Å²) < 4.78 is 1.39. The van der Waals surface area contributed by atoms with Gasteiger partial charge in [-0.1, -0.05) is 12.8 Å². The molecule has 3 N–H and O–H groups in total. The molecular weight excluding hydrogens is 230 g/mol. The van der Waals surface area contributed by atoms with E-state index in [9.17, 15) is 4.79 Å². The van der Waals surface area contributed by atoms with Crippen molar-refractivity contribution in [1.82, 2.24) is 19.7 Å². The monoisotopic (exact) mass is 245 g/mol. The number of hydrogen-bond donors (Lipinski definition) is 2. The molecule has 0 spiro atoms. The van der Waals surface area contributed by atoms with E-state index in [-0.39, 0.29) is 5.56 Å². The van der Waals surface area contributed by atoms with Gasteiger partial charge in [-0.05, 0) is 12.8 Å². The van der Waals surface area contributed by atoms with Crippen molar-refractivity contribution in [2.45, 2.75) is 31.6 Å². The van der Waals surface area contributed by atoms with Crippen LogP contribution in [0.25, 0.3) is 5.82 Å². The number of nitrogen functional groups attached to an aromatic ring is 1. The summed E-state index contributed by atoms with van der Waals surface area (Å²) in [6.45, 7) is 0. The molecule has 18 heavy (non-hydrogen) atoms. The fourth-order valence-corrected chi connectivity index (χ4v) is 2.57. The SMILES string of the molecule is Nc1c(C2CCCC2)[nH]n(-c2ccncn2)c1=O. The fraction of sp³-hybridized carbons (Fsp3) is 0.417. The van der Waals surface area contributed by atoms with E-state index in [2.05, 4.69) is 15.1 Å². The van der Waals surface area contributed by atoms with Gasteiger partial charge in [0.2, 0.25) is 0 Å². The Kier molecular flexibility index (Phi) is 2.62. The quantitative estimate of drug-likeness (QED) is 0.831. The molecule has 2 aromatic heterocycles. The molecule has 94 valence electrons. The summed E-state index contributed by atoms with van der Waals surface area (Å²) in [5.41, 5.74) is 6.86. The molecule has 0 unspecified atom stereocenters. The summed E-state index contributed by atoms with van der Waals surface area (Å²) in [5.74, 6) is 0.895. The molecule has 0 radical (unpaired) electrons. The summed E-state index contributed by atoms with van der Waals surface area (Å²) in [4.78, 5) is 20.0. The molecule has 0 aliphatic heterocycles. The van der Waals surface area contributed by atoms with Crippen LogP contribution in [0.4, 0.5) is 5.69 Å². The normalized spacial score (nSPS) is 16.2. The molecule has 0 aromatic carbocycles. The van der Waals surface area contributed by atoms with Gasteiger partial charge in [0.25, 0.3) is 5.56 Å². The van der Waals surface area contributed by atoms with E-state index >= 15 is 0 Å². The van der Waals surface area contributed by atoms with Crippen LogP contribution < -0.4 is 11.3 Å². The highest BCUT2D eigenvalue weighted by atomic mass is 16.1. The largest absolute Gasteiger partial charge is 0.393 e. The second-order valence-corrected chi connectivity index (χ2v) is 4.63. The molecule has 6 heteroatoms. The highest BCUT2D eigenvalue weighted by molar-refractivity contribution is 5.45. The Morgan fingerprint density at radius 3 is 2.83 bits per heavy atom. The van der Waals surface area contributed by atoms with Crippen LogP contribution in [0.2, 0.25) is 0 Å². The Hall–Kier alpha value is -2.11. The molecule has 1 fully saturated rings. The predicted octanol–water partition coefficient (Wildman–Crippen LogP) is 1.20. The molecule has 1 aliphatic rings. The molecular formula is C12H15N5O. The van der Waals surface area contributed by atoms with Crippen molar-refractivity contribution in [2.24, 2.45) is 0 Å². The Balaban J connectivity index is 2.07. The van der Waals surface area contributed by atoms with E-state index in [1.807, 2.05) is 0 Å². The van der Waals surface area contributed by atoms with Crippen LogP contribution in [0, 0.1) is 0 Å². The molecule has 0 atom stereocenters. The first kappa shape index (κ1) is 11.0. The average Bonchev–Trinajstić information content (AvgIpc) is 3.01. The van der Waals surface area contributed by atoms with Gasteiger partial charge in [0, 0.05) is 18.2 Å². The first-order valence-electron chi connectivity index (χ1n) is 6.14. The molecule has 0 saturated heterocycles. The lowest BCUT2D eigenvalue weighted by molar-refractivity contribution is 0.674. The first-order chi connectivity index (χ1) is 8.77. The minimum Gasteiger partial charge on any atom is -0.393 e. The Morgan fingerprint density at radius 2 is 2.17 bits per heavy atom. The third kappa shape index (κ3) is 1.70. The summed E-state index contributed by atoms with van der Waals surface area (Å²) in [6.07, 6.45) is 7.59. The molecule has 6 nitrogen and oxygen atoms in total. The van der Waals surface area contributed by atoms with Gasteiger partial charge in [-0.3, -0.25) is 9.89 Å². The van der Waals surface area contributed by atoms with Gasteiger partial charge in [0.05, 0.1) is 5.69 Å². The van der Waals surface area contributed by atoms with E-state index in [1.54, 1.807) is 12.3 Å². The number of rotatable bonds is 2. The van der Waals surface area contributed by atoms with Gasteiger partial charge in [0.15, 0.2) is 5.82 Å². The van der Waals surface area contributed by atoms with Crippen molar-refractivity contribution in [3.63, 3.8) is 0 Å². The zero-order valence-electron chi connectivity index (χ0n) is 9.97. The number of anilines is 1. The molecule has 2 heterocycles. The van der Waals surface area contributed by atoms with Gasteiger partial charge < -0.3 is 5.73 Å². The van der Waals surface area contributed by atoms with E-state index in [1.165, 1.54) is 23.9 Å². The number of hydrogen-bond acceptors (Lipinski definition) is 4. The second kappa shape index (κ2) is 4.29. The molecule has 1 saturated carbocycles. The number of H-pyrrole nitrogens is 1. The topological polar surface area (TPSA) is 89.6 Å². The summed E-state index contributed by atoms with van der Waals surface area (Å²) >= 11 is 0. The second-order valence-electron chi connectivity index (χ2n) is 4.63. The van der Waals surface area contributed by atoms with E-state index in [4.69, 9.17) is 5.73 Å². The highest BCUT2D eigenvalue weighted by Gasteiger charge is 2.24. The molecule has 3 rings (SSSR count). The highest BCUT2D eigenvalue weighted by Crippen LogP contribution is 2.34. The number of nitrogens with zero attached hydrogens (tertiary/aromatic N) is 3. The Labute approximate surface area is 104 Å². The maximum Gasteiger partial charge on any atom is 0.296 e. The van der Waals surface area contributed by atoms with Crippen molar-refractivity contribution < 1.29 is 0 Å². The molecule has 0 amide bonds. The fourth-order valence-electron chi connectivity index (χ4n) is 2.57. The number of aromatic amines is 1. The van der Waals surface area contributed by atoms with Crippen LogP contribution in [-0.2, 0) is 0 Å². The van der Waals surface area contributed by atoms with Crippen molar-refractivity contribution in [3.05, 3.63) is 34.6 Å². The number of nitrogens with one attached hydrogen (secondary N) is 1. The standard InChI is InChI=1S/C12H15N5O/c13-10-11(8-3-1-2-4-8)16-17(12(10)18)9-5-6-14-7-15-9/h5-8,16H,1-4,13H2. The zero-order valence-corrected chi connectivity index (χ0v) is 9.97. The van der Waals surface area contributed by atoms with Gasteiger partial charge in [-0.15, -0.1) is 0 Å². The Bertz CT molecular complexity index is 595. The minimum absolute atomic E-state index is 0.226. The van der Waals surface area contributed by atoms with Crippen LogP contribution in [0.3, 0.4) is 0 Å². The van der Waals surface area contributed by atoms with Crippen molar-refractivity contribution >= 4 is 5.69 Å². The van der Waals surface area contributed by atoms with Crippen LogP contribution in [-0.4, -0.2) is 19.7 Å². The molecule has 2 aromatic rings. The third-order valence-corrected chi connectivity index (χ3v) is 3.51. The lowest BCUT2D eigenvalue weighted by atomic mass is 10.0. The summed E-state index contributed by atoms with van der Waals surface area (Å²) in [6, 6.07) is 1.68. The third-order valence-electron chi connectivity index (χ3n) is 3.51. The lowest BCUT2D eigenvalue weighted by Gasteiger charge is -2.06. The van der Waals surface area contributed by atoms with Gasteiger partial charge in [-0.2, -0.15) is 4.68 Å². The average molecular weight is 245 g/mol. The van der Waals surface area contributed by atoms with Crippen molar-refractivity contribution in [1.29, 1.82) is 0 Å². The predicted molar refractivity (Wildman–Crippen MR) is 67.6 cm³/mol. The van der Waals surface area contributed by atoms with Gasteiger partial charge in [-0.25, -0.2) is 9.97 Å². The maximum atomic E-state index is 12.1. The number of nitrogens with two attached hydrogens (primary N) is 1. The van der Waals surface area contributed by atoms with Crippen molar-refractivity contribution in [3.8, 4) is 5.82 Å². The van der Waals surface area contributed by atoms with Crippen LogP contribution in [0.15, 0.2) is 23.4 Å². The van der Waals surface area contributed by atoms with E-state index in [0.717, 1.165) is 18.5 Å². The smallest absolute Gasteiger partial charge is 0.296 e. The molecule has 0 bridgehead atoms. The first-order valence-corrected chi connectivity index (χ1v) is 6.14. The van der Waals surface area contributed by atoms with E-state index < -0.39 is 0 Å². The zero-order chi connectivity index (χ0) is 12.5. The van der Waals surface area contributed by atoms with Gasteiger partial charge in [0.1, 0.15) is 12.0 Å².